The minimum atomic E-state index is -0.572. The number of benzene rings is 3. The minimum absolute atomic E-state index is 0.168. The van der Waals surface area contributed by atoms with E-state index in [1.807, 2.05) is 56.3 Å². The number of carbonyl (C=O) groups excluding carboxylic acids is 2. The molecule has 0 atom stereocenters. The number of fused-ring (bicyclic) bond motifs is 1. The summed E-state index contributed by atoms with van der Waals surface area (Å²) in [5, 5.41) is 5.11. The predicted octanol–water partition coefficient (Wildman–Crippen LogP) is 5.93. The lowest BCUT2D eigenvalue weighted by Gasteiger charge is -2.09. The first kappa shape index (κ1) is 25.2. The van der Waals surface area contributed by atoms with Crippen molar-refractivity contribution in [3.63, 3.8) is 0 Å². The van der Waals surface area contributed by atoms with Crippen molar-refractivity contribution in [1.29, 1.82) is 0 Å². The molecule has 0 aliphatic heterocycles. The normalized spacial score (nSPS) is 11.0. The highest BCUT2D eigenvalue weighted by atomic mass is 35.5. The van der Waals surface area contributed by atoms with Gasteiger partial charge in [-0.25, -0.2) is 10.2 Å². The number of halogens is 1. The number of aryl methyl sites for hydroxylation is 2. The van der Waals surface area contributed by atoms with Crippen LogP contribution >= 0.6 is 22.9 Å². The van der Waals surface area contributed by atoms with Crippen molar-refractivity contribution in [2.75, 3.05) is 13.7 Å². The molecule has 3 aromatic carbocycles. The second-order valence-electron chi connectivity index (χ2n) is 7.87. The number of amides is 1. The van der Waals surface area contributed by atoms with E-state index in [1.165, 1.54) is 24.7 Å². The van der Waals surface area contributed by atoms with E-state index in [0.717, 1.165) is 21.2 Å². The number of hydrogen-bond donors (Lipinski definition) is 1. The highest BCUT2D eigenvalue weighted by Gasteiger charge is 2.20. The Bertz CT molecular complexity index is 1460. The number of hydrogen-bond acceptors (Lipinski definition) is 7. The van der Waals surface area contributed by atoms with E-state index in [-0.39, 0.29) is 12.4 Å². The molecule has 1 aromatic heterocycles. The number of nitrogens with zero attached hydrogens (tertiary/aromatic N) is 1. The number of methoxy groups -OCH3 is 1. The molecule has 4 aromatic rings. The third kappa shape index (κ3) is 5.84. The van der Waals surface area contributed by atoms with Gasteiger partial charge in [-0.3, -0.25) is 4.79 Å². The van der Waals surface area contributed by atoms with Crippen LogP contribution in [0.15, 0.2) is 65.8 Å². The Morgan fingerprint density at radius 2 is 1.83 bits per heavy atom. The summed E-state index contributed by atoms with van der Waals surface area (Å²) < 4.78 is 17.3. The molecular formula is C27H23ClN2O5S. The molecule has 184 valence electrons. The zero-order valence-electron chi connectivity index (χ0n) is 19.8. The summed E-state index contributed by atoms with van der Waals surface area (Å²) in [5.74, 6) is 0.205. The number of ether oxygens (including phenoxy) is 3. The van der Waals surface area contributed by atoms with E-state index in [4.69, 9.17) is 25.8 Å². The number of hydrazone groups is 1. The van der Waals surface area contributed by atoms with Crippen LogP contribution in [0.5, 0.6) is 17.2 Å². The van der Waals surface area contributed by atoms with Crippen molar-refractivity contribution < 1.29 is 23.8 Å². The van der Waals surface area contributed by atoms with Gasteiger partial charge in [-0.2, -0.15) is 5.10 Å². The highest BCUT2D eigenvalue weighted by Crippen LogP contribution is 2.37. The molecule has 7 nitrogen and oxygen atoms in total. The molecular weight excluding hydrogens is 500 g/mol. The average molecular weight is 523 g/mol. The van der Waals surface area contributed by atoms with Gasteiger partial charge >= 0.3 is 5.97 Å². The molecule has 0 radical (unpaired) electrons. The van der Waals surface area contributed by atoms with Gasteiger partial charge in [0.15, 0.2) is 18.1 Å². The van der Waals surface area contributed by atoms with E-state index < -0.39 is 11.9 Å². The van der Waals surface area contributed by atoms with E-state index in [1.54, 1.807) is 18.2 Å². The van der Waals surface area contributed by atoms with Crippen molar-refractivity contribution in [3.05, 3.63) is 87.3 Å². The minimum Gasteiger partial charge on any atom is -0.493 e. The second kappa shape index (κ2) is 11.2. The van der Waals surface area contributed by atoms with Crippen LogP contribution in [0.2, 0.25) is 5.02 Å². The summed E-state index contributed by atoms with van der Waals surface area (Å²) in [6.45, 7) is 3.82. The first-order valence-electron chi connectivity index (χ1n) is 10.9. The molecule has 0 saturated carbocycles. The maximum absolute atomic E-state index is 12.8. The maximum Gasteiger partial charge on any atom is 0.355 e. The Morgan fingerprint density at radius 1 is 1.03 bits per heavy atom. The first-order chi connectivity index (χ1) is 17.4. The summed E-state index contributed by atoms with van der Waals surface area (Å²) in [6, 6.07) is 18.0. The van der Waals surface area contributed by atoms with Gasteiger partial charge in [0.1, 0.15) is 10.6 Å². The monoisotopic (exact) mass is 522 g/mol. The number of rotatable bonds is 8. The van der Waals surface area contributed by atoms with Crippen LogP contribution in [0.3, 0.4) is 0 Å². The lowest BCUT2D eigenvalue weighted by molar-refractivity contribution is -0.123. The quantitative estimate of drug-likeness (QED) is 0.134. The van der Waals surface area contributed by atoms with Gasteiger partial charge in [0.05, 0.1) is 18.3 Å². The smallest absolute Gasteiger partial charge is 0.355 e. The van der Waals surface area contributed by atoms with Crippen molar-refractivity contribution in [1.82, 2.24) is 5.43 Å². The molecule has 4 rings (SSSR count). The molecule has 0 saturated heterocycles. The lowest BCUT2D eigenvalue weighted by Crippen LogP contribution is -2.24. The van der Waals surface area contributed by atoms with Crippen LogP contribution in [0, 0.1) is 13.8 Å². The lowest BCUT2D eigenvalue weighted by atomic mass is 10.1. The molecule has 0 fully saturated rings. The first-order valence-corrected chi connectivity index (χ1v) is 12.1. The largest absolute Gasteiger partial charge is 0.493 e. The van der Waals surface area contributed by atoms with Crippen molar-refractivity contribution >= 4 is 51.1 Å². The van der Waals surface area contributed by atoms with Gasteiger partial charge in [0.2, 0.25) is 0 Å². The predicted molar refractivity (Wildman–Crippen MR) is 142 cm³/mol. The third-order valence-electron chi connectivity index (χ3n) is 5.36. The van der Waals surface area contributed by atoms with Crippen molar-refractivity contribution in [3.8, 4) is 17.2 Å². The summed E-state index contributed by atoms with van der Waals surface area (Å²) in [6.07, 6.45) is 1.45. The van der Waals surface area contributed by atoms with E-state index in [0.29, 0.717) is 27.0 Å². The number of carbonyl (C=O) groups is 2. The van der Waals surface area contributed by atoms with Crippen molar-refractivity contribution in [2.45, 2.75) is 13.8 Å². The van der Waals surface area contributed by atoms with E-state index >= 15 is 0 Å². The molecule has 0 spiro atoms. The fraction of sp³-hybridized carbons (Fsp3) is 0.148. The maximum atomic E-state index is 12.8. The topological polar surface area (TPSA) is 86.2 Å². The Morgan fingerprint density at radius 3 is 2.58 bits per heavy atom. The van der Waals surface area contributed by atoms with Gasteiger partial charge in [0.25, 0.3) is 5.91 Å². The van der Waals surface area contributed by atoms with Crippen LogP contribution in [0.4, 0.5) is 0 Å². The molecule has 0 bridgehead atoms. The Kier molecular flexibility index (Phi) is 7.87. The fourth-order valence-corrected chi connectivity index (χ4v) is 4.69. The van der Waals surface area contributed by atoms with Crippen LogP contribution in [-0.4, -0.2) is 31.8 Å². The Labute approximate surface area is 217 Å². The van der Waals surface area contributed by atoms with Crippen LogP contribution in [0.1, 0.15) is 26.4 Å². The molecule has 0 aliphatic carbocycles. The van der Waals surface area contributed by atoms with Crippen LogP contribution in [-0.2, 0) is 4.79 Å². The molecule has 1 heterocycles. The molecule has 1 amide bonds. The summed E-state index contributed by atoms with van der Waals surface area (Å²) in [5.41, 5.74) is 5.28. The number of nitrogens with one attached hydrogen (secondary N) is 1. The van der Waals surface area contributed by atoms with E-state index in [9.17, 15) is 9.59 Å². The van der Waals surface area contributed by atoms with Gasteiger partial charge < -0.3 is 14.2 Å². The van der Waals surface area contributed by atoms with Gasteiger partial charge in [-0.15, -0.1) is 11.3 Å². The number of esters is 1. The zero-order valence-corrected chi connectivity index (χ0v) is 21.4. The highest BCUT2D eigenvalue weighted by molar-refractivity contribution is 7.21. The third-order valence-corrected chi connectivity index (χ3v) is 7.02. The van der Waals surface area contributed by atoms with E-state index in [2.05, 4.69) is 10.5 Å². The molecule has 0 aliphatic rings. The molecule has 36 heavy (non-hydrogen) atoms. The SMILES string of the molecule is COc1cc(/C=N/NC(=O)COc2ccc(C)c(C)c2)ccc1OC(=O)c1sc2ccccc2c1Cl. The molecule has 0 unspecified atom stereocenters. The molecule has 9 heteroatoms. The van der Waals surface area contributed by atoms with Crippen LogP contribution in [0.25, 0.3) is 10.1 Å². The Balaban J connectivity index is 1.36. The van der Waals surface area contributed by atoms with Gasteiger partial charge in [0, 0.05) is 10.1 Å². The number of thiophene rings is 1. The summed E-state index contributed by atoms with van der Waals surface area (Å²) in [4.78, 5) is 25.1. The zero-order chi connectivity index (χ0) is 25.7. The Hall–Kier alpha value is -3.88. The fourth-order valence-electron chi connectivity index (χ4n) is 3.30. The molecule has 1 N–H and O–H groups in total. The van der Waals surface area contributed by atoms with Gasteiger partial charge in [-0.1, -0.05) is 35.9 Å². The summed E-state index contributed by atoms with van der Waals surface area (Å²) in [7, 11) is 1.46. The van der Waals surface area contributed by atoms with Gasteiger partial charge in [-0.05, 0) is 66.9 Å². The summed E-state index contributed by atoms with van der Waals surface area (Å²) >= 11 is 7.65. The average Bonchev–Trinajstić information content (AvgIpc) is 3.22. The standard InChI is InChI=1S/C27H23ClN2O5S/c1-16-8-10-19(12-17(16)2)34-15-24(31)30-29-14-18-9-11-21(22(13-18)33-3)35-27(32)26-25(28)20-6-4-5-7-23(20)36-26/h4-14H,15H2,1-3H3,(H,30,31)/b29-14+. The van der Waals surface area contributed by atoms with Crippen molar-refractivity contribution in [2.24, 2.45) is 5.10 Å². The second-order valence-corrected chi connectivity index (χ2v) is 9.30. The van der Waals surface area contributed by atoms with Crippen LogP contribution < -0.4 is 19.6 Å².